The van der Waals surface area contributed by atoms with Crippen LogP contribution in [-0.2, 0) is 38.5 Å². The number of imide groups is 2. The maximum absolute atomic E-state index is 12.3. The van der Waals surface area contributed by atoms with E-state index in [1.54, 1.807) is 34.0 Å². The van der Waals surface area contributed by atoms with Crippen molar-refractivity contribution in [2.24, 2.45) is 5.73 Å². The first-order chi connectivity index (χ1) is 39.1. The van der Waals surface area contributed by atoms with Crippen LogP contribution in [0.25, 0.3) is 21.5 Å². The van der Waals surface area contributed by atoms with Gasteiger partial charge in [0.15, 0.2) is 34.5 Å². The molecule has 3 aromatic heterocycles. The van der Waals surface area contributed by atoms with E-state index in [9.17, 15) is 38.4 Å². The molecular weight excluding hydrogens is 1220 g/mol. The van der Waals surface area contributed by atoms with Crippen LogP contribution in [0.2, 0.25) is 0 Å². The zero-order valence-corrected chi connectivity index (χ0v) is 51.0. The number of cyclic esters (lactones) is 4. The number of aliphatic carboxylic acids is 2. The maximum atomic E-state index is 12.3. The van der Waals surface area contributed by atoms with Crippen LogP contribution in [-0.4, -0.2) is 139 Å². The van der Waals surface area contributed by atoms with Crippen molar-refractivity contribution in [1.82, 2.24) is 9.80 Å². The maximum Gasteiger partial charge on any atom is 0.346 e. The van der Waals surface area contributed by atoms with Crippen molar-refractivity contribution in [3.05, 3.63) is 125 Å². The monoisotopic (exact) mass is 1280 g/mol. The fourth-order valence-corrected chi connectivity index (χ4v) is 10.5. The summed E-state index contributed by atoms with van der Waals surface area (Å²) in [4.78, 5) is 116. The Morgan fingerprint density at radius 3 is 0.835 bits per heavy atom. The van der Waals surface area contributed by atoms with Crippen LogP contribution in [0.1, 0.15) is 132 Å². The number of ether oxygens (including phenoxy) is 8. The van der Waals surface area contributed by atoms with E-state index >= 15 is 0 Å². The minimum Gasteiger partial charge on any atom is -0.485 e. The first kappa shape index (κ1) is 68.9. The number of thiophene rings is 3. The molecule has 4 N–H and O–H groups in total. The number of carbonyl (C=O) groups excluding carboxylic acids is 8. The average molecular weight is 1280 g/mol. The summed E-state index contributed by atoms with van der Waals surface area (Å²) in [7, 11) is 4.33. The molecule has 0 saturated carbocycles. The molecule has 14 rings (SSSR count). The van der Waals surface area contributed by atoms with E-state index in [-0.39, 0.29) is 85.7 Å². The molecule has 446 valence electrons. The number of nitrogens with two attached hydrogens (primary N) is 1. The van der Waals surface area contributed by atoms with Crippen LogP contribution in [0.15, 0.2) is 80.8 Å². The third-order valence-electron chi connectivity index (χ3n) is 11.9. The van der Waals surface area contributed by atoms with Crippen molar-refractivity contribution in [3.8, 4) is 34.5 Å². The summed E-state index contributed by atoms with van der Waals surface area (Å²) in [5, 5.41) is 27.9. The number of esters is 4. The van der Waals surface area contributed by atoms with Crippen molar-refractivity contribution in [1.29, 1.82) is 0 Å². The van der Waals surface area contributed by atoms with Crippen molar-refractivity contribution in [2.75, 3.05) is 41.0 Å². The Labute approximate surface area is 511 Å². The molecule has 4 aromatic carbocycles. The van der Waals surface area contributed by atoms with E-state index in [1.165, 1.54) is 69.7 Å². The van der Waals surface area contributed by atoms with Gasteiger partial charge in [0, 0.05) is 123 Å². The minimum atomic E-state index is -0.833. The predicted molar refractivity (Wildman–Crippen MR) is 310 cm³/mol. The van der Waals surface area contributed by atoms with Gasteiger partial charge < -0.3 is 53.8 Å². The Bertz CT molecular complexity index is 3290. The van der Waals surface area contributed by atoms with Gasteiger partial charge in [-0.3, -0.25) is 38.6 Å². The Hall–Kier alpha value is -8.62. The van der Waals surface area contributed by atoms with Gasteiger partial charge in [0.1, 0.15) is 38.1 Å². The molecule has 23 nitrogen and oxygen atoms in total. The molecular formula is C58H59N3O20S3Zn. The number of carbonyl (C=O) groups is 10. The average Bonchev–Trinajstić information content (AvgIpc) is 3.77. The number of hydrogen-bond donors (Lipinski definition) is 3. The van der Waals surface area contributed by atoms with Crippen LogP contribution < -0.4 is 34.2 Å². The number of carboxylic acid groups (broad SMARTS) is 2. The van der Waals surface area contributed by atoms with Crippen LogP contribution in [0.3, 0.4) is 0 Å². The van der Waals surface area contributed by atoms with Gasteiger partial charge in [-0.2, -0.15) is 0 Å². The van der Waals surface area contributed by atoms with E-state index in [1.807, 2.05) is 53.1 Å². The van der Waals surface area contributed by atoms with Crippen molar-refractivity contribution >= 4 is 115 Å². The largest absolute Gasteiger partial charge is 0.485 e. The second-order valence-electron chi connectivity index (χ2n) is 17.9. The number of benzene rings is 4. The predicted octanol–water partition coefficient (Wildman–Crippen LogP) is 9.50. The third-order valence-corrected chi connectivity index (χ3v) is 14.0. The normalized spacial score (nSPS) is 16.8. The molecule has 0 radical (unpaired) electrons. The van der Waals surface area contributed by atoms with Crippen molar-refractivity contribution in [3.63, 3.8) is 0 Å². The molecule has 7 aromatic rings. The Morgan fingerprint density at radius 1 is 0.424 bits per heavy atom. The molecule has 85 heavy (non-hydrogen) atoms. The molecule has 7 aliphatic heterocycles. The molecule has 0 bridgehead atoms. The Balaban J connectivity index is 0.000000225. The third kappa shape index (κ3) is 15.0. The molecule has 7 aliphatic rings. The fraction of sp³-hybridized carbons (Fsp3) is 0.276. The molecule has 0 fully saturated rings. The summed E-state index contributed by atoms with van der Waals surface area (Å²) < 4.78 is 41.7. The number of fused-ring (bicyclic) bond motifs is 3. The first-order valence-corrected chi connectivity index (χ1v) is 27.3. The second kappa shape index (κ2) is 29.8. The smallest absolute Gasteiger partial charge is 0.346 e. The second-order valence-corrected chi connectivity index (χ2v) is 20.1. The SMILES string of the molecule is C.C.CC(=O)O.CC(=O)O.CC1COc2cscc2O1.CC1COc2cscc2O1.CC1COc2cscc2O1.CN.CN1C(=O)c2ccc3c4c(ccc(c24)C1=O)C(=O)N(C)C3=O.O=C1OC(=O)c2ccc3c4c(ccc1c24)C(=O)OC3=O.[Zn]. The molecule has 3 unspecified atom stereocenters. The van der Waals surface area contributed by atoms with Gasteiger partial charge in [-0.1, -0.05) is 14.9 Å². The van der Waals surface area contributed by atoms with Gasteiger partial charge in [-0.25, -0.2) is 19.2 Å². The van der Waals surface area contributed by atoms with Crippen LogP contribution in [0.4, 0.5) is 0 Å². The van der Waals surface area contributed by atoms with Crippen molar-refractivity contribution < 1.29 is 116 Å². The van der Waals surface area contributed by atoms with Crippen LogP contribution in [0.5, 0.6) is 34.5 Å². The molecule has 4 amide bonds. The summed E-state index contributed by atoms with van der Waals surface area (Å²) in [6.45, 7) is 10.2. The zero-order chi connectivity index (χ0) is 59.9. The molecule has 0 saturated heterocycles. The van der Waals surface area contributed by atoms with Crippen LogP contribution >= 0.6 is 34.0 Å². The van der Waals surface area contributed by atoms with E-state index in [0.717, 1.165) is 58.1 Å². The fourth-order valence-electron chi connectivity index (χ4n) is 8.45. The summed E-state index contributed by atoms with van der Waals surface area (Å²) in [5.41, 5.74) is 6.47. The van der Waals surface area contributed by atoms with Crippen LogP contribution in [0, 0.1) is 0 Å². The summed E-state index contributed by atoms with van der Waals surface area (Å²) >= 11 is 4.82. The number of nitrogens with zero attached hydrogens (tertiary/aromatic N) is 2. The van der Waals surface area contributed by atoms with Gasteiger partial charge in [0.25, 0.3) is 35.6 Å². The minimum absolute atomic E-state index is 0. The molecule has 10 heterocycles. The number of amides is 4. The standard InChI is InChI=1S/C16H10N2O4.C14H4O6.3C7H8O2S.2C2H4O2.CH5N.2CH4.Zn/c1-17-13(19)7-3-5-9-12-10(16(22)18(2)15(9)21)6-4-8(11(7)12)14(17)20;15-11-5-1-2-6-10-8(14(18)20-12(6)16)4-3-7(9(5)10)13(17)19-11;3*1-5-2-8-6-3-10-4-7(6)9-5;2*1-2(3)4;1-2;;;/h3-6H,1-2H3;1-4H;3*3-5H,2H2,1H3;2*1H3,(H,3,4);2H2,1H3;2*1H4;. The van der Waals surface area contributed by atoms with Gasteiger partial charge in [0.2, 0.25) is 0 Å². The molecule has 3 atom stereocenters. The summed E-state index contributed by atoms with van der Waals surface area (Å²) in [6, 6.07) is 11.7. The van der Waals surface area contributed by atoms with E-state index in [0.29, 0.717) is 52.8 Å². The molecule has 27 heteroatoms. The number of rotatable bonds is 0. The quantitative estimate of drug-likeness (QED) is 0.0550. The summed E-state index contributed by atoms with van der Waals surface area (Å²) in [5.74, 6) is -1.21. The van der Waals surface area contributed by atoms with E-state index < -0.39 is 59.4 Å². The number of hydrogen-bond acceptors (Lipinski definition) is 22. The molecule has 0 aliphatic carbocycles. The van der Waals surface area contributed by atoms with E-state index in [2.05, 4.69) is 15.2 Å². The Kier molecular flexibility index (Phi) is 24.1. The van der Waals surface area contributed by atoms with Crippen molar-refractivity contribution in [2.45, 2.75) is 67.8 Å². The number of carboxylic acids is 2. The molecule has 0 spiro atoms. The zero-order valence-electron chi connectivity index (χ0n) is 45.6. The van der Waals surface area contributed by atoms with Gasteiger partial charge in [-0.15, -0.1) is 34.0 Å². The first-order valence-electron chi connectivity index (χ1n) is 24.5. The van der Waals surface area contributed by atoms with Gasteiger partial charge in [0.05, 0.1) is 22.3 Å². The van der Waals surface area contributed by atoms with Gasteiger partial charge >= 0.3 is 23.9 Å². The summed E-state index contributed by atoms with van der Waals surface area (Å²) in [6.07, 6.45) is 0.589. The van der Waals surface area contributed by atoms with E-state index in [4.69, 9.17) is 48.2 Å². The van der Waals surface area contributed by atoms with Gasteiger partial charge in [-0.05, 0) is 76.3 Å². The topological polar surface area (TPSA) is 318 Å². The Morgan fingerprint density at radius 2 is 0.612 bits per heavy atom.